The molecule has 0 bridgehead atoms. The highest BCUT2D eigenvalue weighted by molar-refractivity contribution is 6.33. The molecule has 0 radical (unpaired) electrons. The molecule has 2 aliphatic rings. The summed E-state index contributed by atoms with van der Waals surface area (Å²) in [5.41, 5.74) is 5.14. The third-order valence-corrected chi connectivity index (χ3v) is 6.83. The van der Waals surface area contributed by atoms with Gasteiger partial charge < -0.3 is 14.7 Å². The minimum absolute atomic E-state index is 0.0397. The van der Waals surface area contributed by atoms with Gasteiger partial charge in [0.25, 0.3) is 5.91 Å². The average Bonchev–Trinajstić information content (AvgIpc) is 3.14. The lowest BCUT2D eigenvalue weighted by Crippen LogP contribution is -2.50. The predicted octanol–water partition coefficient (Wildman–Crippen LogP) is 5.25. The molecule has 3 aromatic rings. The number of rotatable bonds is 6. The molecule has 178 valence electrons. The summed E-state index contributed by atoms with van der Waals surface area (Å²) in [5, 5.41) is 11.8. The average molecular weight is 491 g/mol. The molecule has 35 heavy (non-hydrogen) atoms. The highest BCUT2D eigenvalue weighted by Crippen LogP contribution is 2.44. The number of carbonyl (C=O) groups excluding carboxylic acids is 2. The van der Waals surface area contributed by atoms with Crippen LogP contribution in [0.1, 0.15) is 33.8 Å². The number of aliphatic carboxylic acids is 1. The molecule has 1 aliphatic carbocycles. The van der Waals surface area contributed by atoms with E-state index >= 15 is 0 Å². The van der Waals surface area contributed by atoms with Crippen molar-refractivity contribution in [2.24, 2.45) is 5.92 Å². The first-order chi connectivity index (χ1) is 16.9. The van der Waals surface area contributed by atoms with Gasteiger partial charge in [0.2, 0.25) is 0 Å². The largest absolute Gasteiger partial charge is 0.481 e. The molecule has 1 saturated heterocycles. The van der Waals surface area contributed by atoms with Crippen LogP contribution in [-0.2, 0) is 9.53 Å². The Labute approximate surface area is 207 Å². The Hall–Kier alpha value is -3.84. The fraction of sp³-hybridized carbons (Fsp3) is 0.222. The fourth-order valence-corrected chi connectivity index (χ4v) is 4.96. The van der Waals surface area contributed by atoms with E-state index in [2.05, 4.69) is 17.4 Å². The van der Waals surface area contributed by atoms with E-state index in [-0.39, 0.29) is 41.5 Å². The van der Waals surface area contributed by atoms with Crippen molar-refractivity contribution in [1.82, 2.24) is 4.90 Å². The maximum atomic E-state index is 12.7. The standard InChI is InChI=1S/C27H23ClN2O5/c28-23-10-9-17(26(33)30-13-16(14-30)11-25(31)32)12-24(23)29-27(34)35-15-22-20-7-3-1-5-18(20)19-6-2-4-8-21(19)22/h1-10,12,16,22H,11,13-15H2,(H,29,34)(H,31,32). The SMILES string of the molecule is O=C(O)CC1CN(C(=O)c2ccc(Cl)c(NC(=O)OCC3c4ccccc4-c4ccccc43)c2)C1. The van der Waals surface area contributed by atoms with Gasteiger partial charge in [0.05, 0.1) is 17.1 Å². The number of hydrogen-bond acceptors (Lipinski definition) is 4. The molecule has 8 heteroatoms. The van der Waals surface area contributed by atoms with Crippen LogP contribution in [0.4, 0.5) is 10.5 Å². The van der Waals surface area contributed by atoms with E-state index in [1.807, 2.05) is 36.4 Å². The number of amides is 2. The number of fused-ring (bicyclic) bond motifs is 3. The van der Waals surface area contributed by atoms with Crippen LogP contribution in [0, 0.1) is 5.92 Å². The summed E-state index contributed by atoms with van der Waals surface area (Å²) < 4.78 is 5.57. The summed E-state index contributed by atoms with van der Waals surface area (Å²) >= 11 is 6.25. The van der Waals surface area contributed by atoms with Crippen LogP contribution in [0.2, 0.25) is 5.02 Å². The zero-order valence-electron chi connectivity index (χ0n) is 18.7. The third kappa shape index (κ3) is 4.59. The van der Waals surface area contributed by atoms with Crippen LogP contribution in [0.3, 0.4) is 0 Å². The summed E-state index contributed by atoms with van der Waals surface area (Å²) in [4.78, 5) is 37.8. The van der Waals surface area contributed by atoms with Gasteiger partial charge in [-0.1, -0.05) is 60.1 Å². The van der Waals surface area contributed by atoms with E-state index in [1.165, 1.54) is 6.07 Å². The van der Waals surface area contributed by atoms with Gasteiger partial charge in [0, 0.05) is 30.5 Å². The minimum atomic E-state index is -0.872. The van der Waals surface area contributed by atoms with Crippen molar-refractivity contribution in [2.45, 2.75) is 12.3 Å². The van der Waals surface area contributed by atoms with E-state index < -0.39 is 12.1 Å². The van der Waals surface area contributed by atoms with Crippen LogP contribution >= 0.6 is 11.6 Å². The molecule has 5 rings (SSSR count). The number of carboxylic acid groups (broad SMARTS) is 1. The van der Waals surface area contributed by atoms with Crippen molar-refractivity contribution in [3.8, 4) is 11.1 Å². The lowest BCUT2D eigenvalue weighted by atomic mass is 9.95. The molecule has 0 spiro atoms. The maximum absolute atomic E-state index is 12.7. The molecular formula is C27H23ClN2O5. The highest BCUT2D eigenvalue weighted by Gasteiger charge is 2.33. The molecule has 0 atom stereocenters. The second-order valence-corrected chi connectivity index (χ2v) is 9.23. The number of anilines is 1. The van der Waals surface area contributed by atoms with Crippen LogP contribution in [0.5, 0.6) is 0 Å². The third-order valence-electron chi connectivity index (χ3n) is 6.50. The number of hydrogen-bond donors (Lipinski definition) is 2. The number of ether oxygens (including phenoxy) is 1. The first-order valence-electron chi connectivity index (χ1n) is 11.3. The number of carboxylic acids is 1. The highest BCUT2D eigenvalue weighted by atomic mass is 35.5. The Bertz CT molecular complexity index is 1270. The number of nitrogens with zero attached hydrogens (tertiary/aromatic N) is 1. The molecule has 2 N–H and O–H groups in total. The topological polar surface area (TPSA) is 95.9 Å². The number of benzene rings is 3. The molecule has 0 unspecified atom stereocenters. The maximum Gasteiger partial charge on any atom is 0.411 e. The molecule has 1 fully saturated rings. The zero-order valence-corrected chi connectivity index (χ0v) is 19.5. The Morgan fingerprint density at radius 1 is 0.971 bits per heavy atom. The molecule has 0 aromatic heterocycles. The summed E-state index contributed by atoms with van der Waals surface area (Å²) in [5.74, 6) is -1.22. The molecule has 7 nitrogen and oxygen atoms in total. The van der Waals surface area contributed by atoms with E-state index in [1.54, 1.807) is 17.0 Å². The van der Waals surface area contributed by atoms with E-state index in [0.717, 1.165) is 22.3 Å². The van der Waals surface area contributed by atoms with Crippen molar-refractivity contribution in [1.29, 1.82) is 0 Å². The summed E-state index contributed by atoms with van der Waals surface area (Å²) in [6.07, 6.45) is -0.622. The van der Waals surface area contributed by atoms with Crippen molar-refractivity contribution in [2.75, 3.05) is 25.0 Å². The fourth-order valence-electron chi connectivity index (χ4n) is 4.79. The number of nitrogens with one attached hydrogen (secondary N) is 1. The lowest BCUT2D eigenvalue weighted by molar-refractivity contribution is -0.139. The molecule has 1 heterocycles. The van der Waals surface area contributed by atoms with Gasteiger partial charge in [-0.15, -0.1) is 0 Å². The smallest absolute Gasteiger partial charge is 0.411 e. The van der Waals surface area contributed by atoms with Gasteiger partial charge in [-0.25, -0.2) is 4.79 Å². The van der Waals surface area contributed by atoms with Crippen molar-refractivity contribution >= 4 is 35.3 Å². The van der Waals surface area contributed by atoms with Crippen LogP contribution in [0.15, 0.2) is 66.7 Å². The van der Waals surface area contributed by atoms with Gasteiger partial charge in [-0.2, -0.15) is 0 Å². The molecular weight excluding hydrogens is 468 g/mol. The molecule has 3 aromatic carbocycles. The van der Waals surface area contributed by atoms with Gasteiger partial charge in [-0.3, -0.25) is 14.9 Å². The van der Waals surface area contributed by atoms with Crippen molar-refractivity contribution in [3.63, 3.8) is 0 Å². The first kappa shape index (κ1) is 22.9. The number of carbonyl (C=O) groups is 3. The van der Waals surface area contributed by atoms with Crippen LogP contribution in [0.25, 0.3) is 11.1 Å². The van der Waals surface area contributed by atoms with E-state index in [4.69, 9.17) is 21.4 Å². The summed E-state index contributed by atoms with van der Waals surface area (Å²) in [7, 11) is 0. The normalized spacial score (nSPS) is 14.6. The van der Waals surface area contributed by atoms with Crippen LogP contribution < -0.4 is 5.32 Å². The molecule has 2 amide bonds. The van der Waals surface area contributed by atoms with Crippen molar-refractivity contribution in [3.05, 3.63) is 88.4 Å². The minimum Gasteiger partial charge on any atom is -0.481 e. The quantitative estimate of drug-likeness (QED) is 0.492. The summed E-state index contributed by atoms with van der Waals surface area (Å²) in [6.45, 7) is 0.945. The Morgan fingerprint density at radius 2 is 1.60 bits per heavy atom. The van der Waals surface area contributed by atoms with Crippen molar-refractivity contribution < 1.29 is 24.2 Å². The Kier molecular flexibility index (Phi) is 6.17. The number of likely N-dealkylation sites (tertiary alicyclic amines) is 1. The second kappa shape index (κ2) is 9.43. The van der Waals surface area contributed by atoms with E-state index in [0.29, 0.717) is 18.7 Å². The Balaban J connectivity index is 1.23. The van der Waals surface area contributed by atoms with Gasteiger partial charge in [0.15, 0.2) is 0 Å². The zero-order chi connectivity index (χ0) is 24.5. The second-order valence-electron chi connectivity index (χ2n) is 8.82. The monoisotopic (exact) mass is 490 g/mol. The Morgan fingerprint density at radius 3 is 2.23 bits per heavy atom. The van der Waals surface area contributed by atoms with Gasteiger partial charge in [0.1, 0.15) is 6.61 Å². The molecule has 0 saturated carbocycles. The van der Waals surface area contributed by atoms with E-state index in [9.17, 15) is 14.4 Å². The predicted molar refractivity (Wildman–Crippen MR) is 132 cm³/mol. The molecule has 1 aliphatic heterocycles. The van der Waals surface area contributed by atoms with Crippen LogP contribution in [-0.4, -0.2) is 47.7 Å². The first-order valence-corrected chi connectivity index (χ1v) is 11.7. The summed E-state index contributed by atoms with van der Waals surface area (Å²) in [6, 6.07) is 20.8. The number of halogens is 1. The lowest BCUT2D eigenvalue weighted by Gasteiger charge is -2.38. The van der Waals surface area contributed by atoms with Gasteiger partial charge >= 0.3 is 12.1 Å². The van der Waals surface area contributed by atoms with Gasteiger partial charge in [-0.05, 0) is 40.5 Å².